The fraction of sp³-hybridized carbons (Fsp3) is 0.273. The summed E-state index contributed by atoms with van der Waals surface area (Å²) < 4.78 is 0. The molecule has 134 valence electrons. The molecule has 2 aromatic carbocycles. The molecule has 2 aromatic rings. The van der Waals surface area contributed by atoms with Crippen LogP contribution >= 0.6 is 0 Å². The van der Waals surface area contributed by atoms with Gasteiger partial charge in [0, 0.05) is 19.7 Å². The lowest BCUT2D eigenvalue weighted by Crippen LogP contribution is -2.35. The number of hydrogen-bond donors (Lipinski definition) is 1. The third-order valence-corrected chi connectivity index (χ3v) is 4.82. The molecule has 0 aliphatic carbocycles. The fourth-order valence-corrected chi connectivity index (χ4v) is 3.40. The first-order valence-electron chi connectivity index (χ1n) is 8.84. The number of fused-ring (bicyclic) bond motifs is 1. The molecule has 0 spiro atoms. The molecule has 1 aliphatic heterocycles. The van der Waals surface area contributed by atoms with E-state index in [0.29, 0.717) is 6.54 Å². The summed E-state index contributed by atoms with van der Waals surface area (Å²) >= 11 is 0. The van der Waals surface area contributed by atoms with Crippen molar-refractivity contribution in [3.63, 3.8) is 0 Å². The molecule has 26 heavy (non-hydrogen) atoms. The van der Waals surface area contributed by atoms with Gasteiger partial charge >= 0.3 is 0 Å². The topological polar surface area (TPSA) is 49.4 Å². The van der Waals surface area contributed by atoms with Gasteiger partial charge in [-0.05, 0) is 42.2 Å². The van der Waals surface area contributed by atoms with Crippen molar-refractivity contribution in [2.75, 3.05) is 0 Å². The number of aryl methyl sites for hydroxylation is 2. The standard InChI is InChI=1S/C22H24N2O2/c1-15-8-9-19(16(2)12-15)14-23-22(26)13-21-20-7-5-4-6-18(20)10-11-24(21)17(3)25/h4-12,21H,13-14H2,1-3H3,(H,23,26). The van der Waals surface area contributed by atoms with E-state index in [1.165, 1.54) is 18.1 Å². The molecule has 4 heteroatoms. The van der Waals surface area contributed by atoms with E-state index in [0.717, 1.165) is 16.7 Å². The first kappa shape index (κ1) is 17.9. The van der Waals surface area contributed by atoms with Crippen molar-refractivity contribution in [3.8, 4) is 0 Å². The Morgan fingerprint density at radius 3 is 2.62 bits per heavy atom. The summed E-state index contributed by atoms with van der Waals surface area (Å²) in [6.07, 6.45) is 3.93. The number of carbonyl (C=O) groups excluding carboxylic acids is 2. The molecule has 0 radical (unpaired) electrons. The second kappa shape index (κ2) is 7.56. The average Bonchev–Trinajstić information content (AvgIpc) is 2.61. The monoisotopic (exact) mass is 348 g/mol. The number of carbonyl (C=O) groups is 2. The van der Waals surface area contributed by atoms with Crippen LogP contribution in [0.2, 0.25) is 0 Å². The molecule has 0 fully saturated rings. The van der Waals surface area contributed by atoms with E-state index in [4.69, 9.17) is 0 Å². The van der Waals surface area contributed by atoms with Gasteiger partial charge in [-0.25, -0.2) is 0 Å². The van der Waals surface area contributed by atoms with Crippen molar-refractivity contribution in [1.82, 2.24) is 10.2 Å². The van der Waals surface area contributed by atoms with E-state index in [1.807, 2.05) is 49.4 Å². The van der Waals surface area contributed by atoms with Gasteiger partial charge in [0.25, 0.3) is 0 Å². The Morgan fingerprint density at radius 1 is 1.12 bits per heavy atom. The van der Waals surface area contributed by atoms with Crippen LogP contribution in [-0.2, 0) is 16.1 Å². The molecule has 1 N–H and O–H groups in total. The van der Waals surface area contributed by atoms with Crippen molar-refractivity contribution in [1.29, 1.82) is 0 Å². The minimum absolute atomic E-state index is 0.0636. The first-order valence-corrected chi connectivity index (χ1v) is 8.84. The maximum absolute atomic E-state index is 12.6. The molecule has 0 aromatic heterocycles. The van der Waals surface area contributed by atoms with E-state index in [9.17, 15) is 9.59 Å². The van der Waals surface area contributed by atoms with Crippen LogP contribution in [0.15, 0.2) is 48.7 Å². The predicted octanol–water partition coefficient (Wildman–Crippen LogP) is 3.88. The van der Waals surface area contributed by atoms with E-state index in [1.54, 1.807) is 11.1 Å². The average molecular weight is 348 g/mol. The smallest absolute Gasteiger partial charge is 0.223 e. The van der Waals surface area contributed by atoms with Crippen LogP contribution in [0, 0.1) is 13.8 Å². The summed E-state index contributed by atoms with van der Waals surface area (Å²) in [6.45, 7) is 6.13. The minimum Gasteiger partial charge on any atom is -0.352 e. The number of nitrogens with zero attached hydrogens (tertiary/aromatic N) is 1. The molecule has 0 saturated carbocycles. The van der Waals surface area contributed by atoms with Gasteiger partial charge in [0.1, 0.15) is 0 Å². The van der Waals surface area contributed by atoms with Crippen LogP contribution in [0.4, 0.5) is 0 Å². The summed E-state index contributed by atoms with van der Waals surface area (Å²) in [5, 5.41) is 3.00. The molecule has 3 rings (SSSR count). The summed E-state index contributed by atoms with van der Waals surface area (Å²) in [5.41, 5.74) is 5.54. The molecule has 1 atom stereocenters. The lowest BCUT2D eigenvalue weighted by atomic mass is 9.93. The van der Waals surface area contributed by atoms with Crippen molar-refractivity contribution in [2.24, 2.45) is 0 Å². The van der Waals surface area contributed by atoms with Gasteiger partial charge in [-0.1, -0.05) is 48.0 Å². The van der Waals surface area contributed by atoms with Gasteiger partial charge in [0.15, 0.2) is 0 Å². The van der Waals surface area contributed by atoms with Gasteiger partial charge in [-0.2, -0.15) is 0 Å². The molecular formula is C22H24N2O2. The van der Waals surface area contributed by atoms with Crippen LogP contribution in [0.25, 0.3) is 6.08 Å². The third kappa shape index (κ3) is 3.85. The zero-order valence-electron chi connectivity index (χ0n) is 15.5. The van der Waals surface area contributed by atoms with Crippen molar-refractivity contribution >= 4 is 17.9 Å². The van der Waals surface area contributed by atoms with Crippen molar-refractivity contribution in [3.05, 3.63) is 76.5 Å². The third-order valence-electron chi connectivity index (χ3n) is 4.82. The number of hydrogen-bond acceptors (Lipinski definition) is 2. The van der Waals surface area contributed by atoms with Crippen LogP contribution in [0.5, 0.6) is 0 Å². The number of amides is 2. The lowest BCUT2D eigenvalue weighted by molar-refractivity contribution is -0.130. The molecule has 1 unspecified atom stereocenters. The first-order chi connectivity index (χ1) is 12.5. The summed E-state index contributed by atoms with van der Waals surface area (Å²) in [5.74, 6) is -0.130. The Bertz CT molecular complexity index is 870. The Morgan fingerprint density at radius 2 is 1.88 bits per heavy atom. The Labute approximate surface area is 154 Å². The lowest BCUT2D eigenvalue weighted by Gasteiger charge is -2.32. The van der Waals surface area contributed by atoms with E-state index >= 15 is 0 Å². The normalized spacial score (nSPS) is 15.5. The molecule has 1 heterocycles. The van der Waals surface area contributed by atoms with Gasteiger partial charge in [0.2, 0.25) is 11.8 Å². The molecule has 1 aliphatic rings. The zero-order chi connectivity index (χ0) is 18.7. The highest BCUT2D eigenvalue weighted by molar-refractivity contribution is 5.81. The zero-order valence-corrected chi connectivity index (χ0v) is 15.5. The van der Waals surface area contributed by atoms with Gasteiger partial charge in [-0.15, -0.1) is 0 Å². The molecular weight excluding hydrogens is 324 g/mol. The van der Waals surface area contributed by atoms with E-state index in [-0.39, 0.29) is 24.3 Å². The van der Waals surface area contributed by atoms with Crippen LogP contribution < -0.4 is 5.32 Å². The second-order valence-corrected chi connectivity index (χ2v) is 6.80. The molecule has 0 bridgehead atoms. The molecule has 2 amide bonds. The molecule has 0 saturated heterocycles. The SMILES string of the molecule is CC(=O)N1C=Cc2ccccc2C1CC(=O)NCc1ccc(C)cc1C. The predicted molar refractivity (Wildman–Crippen MR) is 103 cm³/mol. The Hall–Kier alpha value is -2.88. The van der Waals surface area contributed by atoms with Crippen LogP contribution in [0.3, 0.4) is 0 Å². The van der Waals surface area contributed by atoms with Gasteiger partial charge in [0.05, 0.1) is 12.5 Å². The Kier molecular flexibility index (Phi) is 5.21. The maximum Gasteiger partial charge on any atom is 0.223 e. The fourth-order valence-electron chi connectivity index (χ4n) is 3.40. The quantitative estimate of drug-likeness (QED) is 0.911. The largest absolute Gasteiger partial charge is 0.352 e. The maximum atomic E-state index is 12.6. The van der Waals surface area contributed by atoms with Gasteiger partial charge in [-0.3, -0.25) is 9.59 Å². The van der Waals surface area contributed by atoms with E-state index < -0.39 is 0 Å². The van der Waals surface area contributed by atoms with E-state index in [2.05, 4.69) is 18.3 Å². The highest BCUT2D eigenvalue weighted by Gasteiger charge is 2.28. The van der Waals surface area contributed by atoms with Crippen LogP contribution in [-0.4, -0.2) is 16.7 Å². The van der Waals surface area contributed by atoms with Crippen LogP contribution in [0.1, 0.15) is 47.2 Å². The van der Waals surface area contributed by atoms with Gasteiger partial charge < -0.3 is 10.2 Å². The Balaban J connectivity index is 1.72. The summed E-state index contributed by atoms with van der Waals surface area (Å²) in [4.78, 5) is 26.2. The summed E-state index contributed by atoms with van der Waals surface area (Å²) in [7, 11) is 0. The minimum atomic E-state index is -0.271. The summed E-state index contributed by atoms with van der Waals surface area (Å²) in [6, 6.07) is 13.8. The van der Waals surface area contributed by atoms with Crippen molar-refractivity contribution < 1.29 is 9.59 Å². The molecule has 4 nitrogen and oxygen atoms in total. The highest BCUT2D eigenvalue weighted by Crippen LogP contribution is 2.32. The van der Waals surface area contributed by atoms with Crippen molar-refractivity contribution in [2.45, 2.75) is 39.8 Å². The second-order valence-electron chi connectivity index (χ2n) is 6.80. The number of benzene rings is 2. The highest BCUT2D eigenvalue weighted by atomic mass is 16.2. The number of rotatable bonds is 4. The number of nitrogens with one attached hydrogen (secondary N) is 1.